The number of amides is 1. The van der Waals surface area contributed by atoms with Gasteiger partial charge in [0, 0.05) is 32.2 Å². The van der Waals surface area contributed by atoms with E-state index >= 15 is 0 Å². The molecule has 0 aliphatic carbocycles. The first kappa shape index (κ1) is 19.3. The molecule has 2 saturated heterocycles. The highest BCUT2D eigenvalue weighted by Crippen LogP contribution is 2.25. The smallest absolute Gasteiger partial charge is 0.255 e. The van der Waals surface area contributed by atoms with Crippen molar-refractivity contribution >= 4 is 17.5 Å². The van der Waals surface area contributed by atoms with E-state index in [-0.39, 0.29) is 29.0 Å². The zero-order valence-electron chi connectivity index (χ0n) is 15.2. The summed E-state index contributed by atoms with van der Waals surface area (Å²) < 4.78 is 26.3. The van der Waals surface area contributed by atoms with Gasteiger partial charge in [-0.2, -0.15) is 0 Å². The lowest BCUT2D eigenvalue weighted by Gasteiger charge is -2.37. The fraction of sp³-hybridized carbons (Fsp3) is 0.350. The Morgan fingerprint density at radius 3 is 2.32 bits per heavy atom. The lowest BCUT2D eigenvalue weighted by atomic mass is 10.0. The third-order valence-electron chi connectivity index (χ3n) is 5.36. The summed E-state index contributed by atoms with van der Waals surface area (Å²) in [6.07, 6.45) is 0.991. The number of rotatable bonds is 3. The maximum Gasteiger partial charge on any atom is 0.255 e. The third-order valence-corrected chi connectivity index (χ3v) is 5.67. The van der Waals surface area contributed by atoms with Gasteiger partial charge in [0.05, 0.1) is 16.8 Å². The van der Waals surface area contributed by atoms with Gasteiger partial charge >= 0.3 is 0 Å². The SMILES string of the molecule is O=C(c1ccc(F)cc1Cl)N1CCN(C2CC(c3ccc(F)cc3)NN2)CC1. The minimum absolute atomic E-state index is 0.114. The summed E-state index contributed by atoms with van der Waals surface area (Å²) in [5, 5.41) is 0.135. The van der Waals surface area contributed by atoms with Gasteiger partial charge in [0.25, 0.3) is 5.91 Å². The Labute approximate surface area is 167 Å². The molecule has 1 amide bonds. The second kappa shape index (κ2) is 8.13. The van der Waals surface area contributed by atoms with Crippen LogP contribution in [0.1, 0.15) is 28.4 Å². The molecule has 2 aliphatic heterocycles. The van der Waals surface area contributed by atoms with Gasteiger partial charge in [-0.1, -0.05) is 23.7 Å². The number of hydrogen-bond acceptors (Lipinski definition) is 4. The zero-order valence-corrected chi connectivity index (χ0v) is 15.9. The molecule has 0 aromatic heterocycles. The molecule has 28 heavy (non-hydrogen) atoms. The summed E-state index contributed by atoms with van der Waals surface area (Å²) in [6, 6.07) is 10.5. The monoisotopic (exact) mass is 406 g/mol. The Morgan fingerprint density at radius 2 is 1.64 bits per heavy atom. The number of piperazine rings is 1. The first-order valence-electron chi connectivity index (χ1n) is 9.26. The van der Waals surface area contributed by atoms with Crippen LogP contribution in [0.5, 0.6) is 0 Å². The molecule has 2 aromatic carbocycles. The molecule has 2 unspecified atom stereocenters. The molecular formula is C20H21ClF2N4O. The molecule has 4 rings (SSSR count). The van der Waals surface area contributed by atoms with Gasteiger partial charge in [0.2, 0.25) is 0 Å². The highest BCUT2D eigenvalue weighted by molar-refractivity contribution is 6.33. The zero-order chi connectivity index (χ0) is 19.7. The Morgan fingerprint density at radius 1 is 0.964 bits per heavy atom. The number of benzene rings is 2. The predicted octanol–water partition coefficient (Wildman–Crippen LogP) is 2.94. The van der Waals surface area contributed by atoms with E-state index in [1.165, 1.54) is 24.3 Å². The van der Waals surface area contributed by atoms with Crippen molar-refractivity contribution in [2.24, 2.45) is 0 Å². The molecule has 2 aromatic rings. The Balaban J connectivity index is 1.33. The van der Waals surface area contributed by atoms with Crippen molar-refractivity contribution in [1.29, 1.82) is 0 Å². The third kappa shape index (κ3) is 4.03. The predicted molar refractivity (Wildman–Crippen MR) is 103 cm³/mol. The van der Waals surface area contributed by atoms with Crippen LogP contribution in [0.3, 0.4) is 0 Å². The highest BCUT2D eigenvalue weighted by atomic mass is 35.5. The molecule has 0 spiro atoms. The molecule has 0 saturated carbocycles. The van der Waals surface area contributed by atoms with Crippen LogP contribution >= 0.6 is 11.6 Å². The van der Waals surface area contributed by atoms with E-state index in [1.807, 2.05) is 0 Å². The Hall–Kier alpha value is -2.06. The first-order chi connectivity index (χ1) is 13.5. The molecule has 8 heteroatoms. The van der Waals surface area contributed by atoms with Gasteiger partial charge in [0.15, 0.2) is 0 Å². The van der Waals surface area contributed by atoms with Gasteiger partial charge < -0.3 is 4.90 Å². The van der Waals surface area contributed by atoms with E-state index < -0.39 is 5.82 Å². The Bertz CT molecular complexity index is 856. The largest absolute Gasteiger partial charge is 0.336 e. The molecule has 2 aliphatic rings. The fourth-order valence-corrected chi connectivity index (χ4v) is 4.01. The maximum absolute atomic E-state index is 13.2. The van der Waals surface area contributed by atoms with E-state index in [2.05, 4.69) is 15.8 Å². The van der Waals surface area contributed by atoms with E-state index in [0.29, 0.717) is 18.7 Å². The van der Waals surface area contributed by atoms with E-state index in [0.717, 1.165) is 31.1 Å². The molecular weight excluding hydrogens is 386 g/mol. The minimum Gasteiger partial charge on any atom is -0.336 e. The van der Waals surface area contributed by atoms with Crippen molar-refractivity contribution in [2.45, 2.75) is 18.6 Å². The number of hydrogen-bond donors (Lipinski definition) is 2. The average molecular weight is 407 g/mol. The summed E-state index contributed by atoms with van der Waals surface area (Å²) in [7, 11) is 0. The number of nitrogens with one attached hydrogen (secondary N) is 2. The molecule has 5 nitrogen and oxygen atoms in total. The van der Waals surface area contributed by atoms with Crippen molar-refractivity contribution < 1.29 is 13.6 Å². The standard InChI is InChI=1S/C20H21ClF2N4O/c21-17-11-15(23)5-6-16(17)20(28)27-9-7-26(8-10-27)19-12-18(24-25-19)13-1-3-14(22)4-2-13/h1-6,11,18-19,24-25H,7-10,12H2. The van der Waals surface area contributed by atoms with Gasteiger partial charge in [0.1, 0.15) is 11.6 Å². The topological polar surface area (TPSA) is 47.6 Å². The number of halogens is 3. The second-order valence-corrected chi connectivity index (χ2v) is 7.50. The lowest BCUT2D eigenvalue weighted by molar-refractivity contribution is 0.0545. The van der Waals surface area contributed by atoms with Crippen LogP contribution in [0.4, 0.5) is 8.78 Å². The summed E-state index contributed by atoms with van der Waals surface area (Å²) in [4.78, 5) is 16.7. The summed E-state index contributed by atoms with van der Waals surface area (Å²) in [5.74, 6) is -0.874. The van der Waals surface area contributed by atoms with Crippen LogP contribution in [0.15, 0.2) is 42.5 Å². The minimum atomic E-state index is -0.457. The van der Waals surface area contributed by atoms with Crippen molar-refractivity contribution in [3.63, 3.8) is 0 Å². The molecule has 2 N–H and O–H groups in total. The van der Waals surface area contributed by atoms with Crippen LogP contribution in [-0.4, -0.2) is 48.1 Å². The van der Waals surface area contributed by atoms with E-state index in [4.69, 9.17) is 11.6 Å². The van der Waals surface area contributed by atoms with Crippen LogP contribution in [-0.2, 0) is 0 Å². The van der Waals surface area contributed by atoms with Gasteiger partial charge in [-0.3, -0.25) is 9.69 Å². The molecule has 0 radical (unpaired) electrons. The average Bonchev–Trinajstić information content (AvgIpc) is 3.18. The van der Waals surface area contributed by atoms with Gasteiger partial charge in [-0.25, -0.2) is 19.6 Å². The van der Waals surface area contributed by atoms with Crippen molar-refractivity contribution in [3.8, 4) is 0 Å². The Kier molecular flexibility index (Phi) is 5.59. The summed E-state index contributed by atoms with van der Waals surface area (Å²) >= 11 is 6.02. The fourth-order valence-electron chi connectivity index (χ4n) is 3.76. The molecule has 148 valence electrons. The van der Waals surface area contributed by atoms with E-state index in [9.17, 15) is 13.6 Å². The second-order valence-electron chi connectivity index (χ2n) is 7.10. The van der Waals surface area contributed by atoms with Crippen LogP contribution in [0.2, 0.25) is 5.02 Å². The summed E-state index contributed by atoms with van der Waals surface area (Å²) in [6.45, 7) is 2.60. The molecule has 2 atom stereocenters. The van der Waals surface area contributed by atoms with Crippen LogP contribution < -0.4 is 10.9 Å². The van der Waals surface area contributed by atoms with Gasteiger partial charge in [-0.15, -0.1) is 0 Å². The normalized spacial score (nSPS) is 23.2. The number of hydrazine groups is 1. The van der Waals surface area contributed by atoms with Crippen molar-refractivity contribution in [1.82, 2.24) is 20.7 Å². The van der Waals surface area contributed by atoms with Crippen molar-refractivity contribution in [3.05, 3.63) is 70.2 Å². The van der Waals surface area contributed by atoms with Crippen LogP contribution in [0.25, 0.3) is 0 Å². The number of nitrogens with zero attached hydrogens (tertiary/aromatic N) is 2. The maximum atomic E-state index is 13.2. The molecule has 2 fully saturated rings. The first-order valence-corrected chi connectivity index (χ1v) is 9.64. The highest BCUT2D eigenvalue weighted by Gasteiger charge is 2.32. The summed E-state index contributed by atoms with van der Waals surface area (Å²) in [5.41, 5.74) is 7.93. The van der Waals surface area contributed by atoms with Crippen molar-refractivity contribution in [2.75, 3.05) is 26.2 Å². The quantitative estimate of drug-likeness (QED) is 0.822. The molecule has 2 heterocycles. The lowest BCUT2D eigenvalue weighted by Crippen LogP contribution is -2.55. The van der Waals surface area contributed by atoms with E-state index in [1.54, 1.807) is 17.0 Å². The van der Waals surface area contributed by atoms with Crippen LogP contribution in [0, 0.1) is 11.6 Å². The number of carbonyl (C=O) groups is 1. The van der Waals surface area contributed by atoms with Gasteiger partial charge in [-0.05, 0) is 42.3 Å². The number of carbonyl (C=O) groups excluding carboxylic acids is 1. The molecule has 0 bridgehead atoms.